The van der Waals surface area contributed by atoms with Gasteiger partial charge in [-0.1, -0.05) is 0 Å². The fraction of sp³-hybridized carbons (Fsp3) is 0. The zero-order valence-corrected chi connectivity index (χ0v) is 8.00. The molecule has 0 aliphatic carbocycles. The van der Waals surface area contributed by atoms with E-state index in [9.17, 15) is 4.79 Å². The summed E-state index contributed by atoms with van der Waals surface area (Å²) in [5, 5.41) is 9.81. The highest BCUT2D eigenvalue weighted by molar-refractivity contribution is 9.10. The van der Waals surface area contributed by atoms with Crippen molar-refractivity contribution in [1.29, 1.82) is 0 Å². The van der Waals surface area contributed by atoms with Crippen LogP contribution in [0.3, 0.4) is 0 Å². The minimum Gasteiger partial charge on any atom is -0.503 e. The largest absolute Gasteiger partial charge is 0.503 e. The van der Waals surface area contributed by atoms with Gasteiger partial charge in [0.05, 0.1) is 0 Å². The predicted octanol–water partition coefficient (Wildman–Crippen LogP) is 1.39. The van der Waals surface area contributed by atoms with Gasteiger partial charge in [-0.3, -0.25) is 4.79 Å². The molecule has 0 aliphatic heterocycles. The zero-order valence-electron chi connectivity index (χ0n) is 6.41. The zero-order chi connectivity index (χ0) is 9.42. The first-order chi connectivity index (χ1) is 6.16. The maximum absolute atomic E-state index is 11.0. The molecule has 5 heteroatoms. The molecule has 0 atom stereocenters. The van der Waals surface area contributed by atoms with Crippen molar-refractivity contribution in [3.05, 3.63) is 33.2 Å². The molecule has 0 spiro atoms. The van der Waals surface area contributed by atoms with Crippen molar-refractivity contribution in [3.63, 3.8) is 0 Å². The molecule has 2 aromatic rings. The number of nitrogens with one attached hydrogen (secondary N) is 1. The number of aromatic amines is 1. The average Bonchev–Trinajstić information content (AvgIpc) is 2.08. The maximum atomic E-state index is 11.0. The van der Waals surface area contributed by atoms with Crippen LogP contribution in [0, 0.1) is 0 Å². The third kappa shape index (κ3) is 1.42. The van der Waals surface area contributed by atoms with E-state index in [0.717, 1.165) is 4.47 Å². The molecule has 13 heavy (non-hydrogen) atoms. The van der Waals surface area contributed by atoms with E-state index in [0.29, 0.717) is 11.0 Å². The van der Waals surface area contributed by atoms with Crippen LogP contribution in [0.2, 0.25) is 0 Å². The lowest BCUT2D eigenvalue weighted by Gasteiger charge is -1.97. The Hall–Kier alpha value is -1.36. The highest BCUT2D eigenvalue weighted by atomic mass is 79.9. The van der Waals surface area contributed by atoms with Crippen LogP contribution in [0.25, 0.3) is 11.0 Å². The van der Waals surface area contributed by atoms with Gasteiger partial charge in [0.2, 0.25) is 0 Å². The maximum Gasteiger partial charge on any atom is 0.291 e. The quantitative estimate of drug-likeness (QED) is 0.732. The number of fused-ring (bicyclic) bond motifs is 1. The Morgan fingerprint density at radius 1 is 1.46 bits per heavy atom. The third-order valence-corrected chi connectivity index (χ3v) is 2.07. The van der Waals surface area contributed by atoms with Gasteiger partial charge in [-0.2, -0.15) is 0 Å². The minimum atomic E-state index is -0.526. The summed E-state index contributed by atoms with van der Waals surface area (Å²) < 4.78 is 0.798. The number of aromatic hydroxyl groups is 1. The second kappa shape index (κ2) is 2.85. The van der Waals surface area contributed by atoms with Crippen molar-refractivity contribution >= 4 is 27.0 Å². The van der Waals surface area contributed by atoms with Crippen LogP contribution in [0.1, 0.15) is 0 Å². The number of aromatic nitrogens is 2. The summed E-state index contributed by atoms with van der Waals surface area (Å²) in [4.78, 5) is 17.4. The third-order valence-electron chi connectivity index (χ3n) is 1.64. The summed E-state index contributed by atoms with van der Waals surface area (Å²) in [5.41, 5.74) is -0.0617. The van der Waals surface area contributed by atoms with Crippen LogP contribution in [0.15, 0.2) is 27.6 Å². The van der Waals surface area contributed by atoms with Crippen LogP contribution in [-0.2, 0) is 0 Å². The molecule has 0 aromatic carbocycles. The first-order valence-electron chi connectivity index (χ1n) is 3.54. The van der Waals surface area contributed by atoms with E-state index in [1.54, 1.807) is 12.3 Å². The molecule has 0 unspecified atom stereocenters. The van der Waals surface area contributed by atoms with Gasteiger partial charge in [0.15, 0.2) is 5.75 Å². The number of halogens is 1. The molecule has 2 heterocycles. The smallest absolute Gasteiger partial charge is 0.291 e. The van der Waals surface area contributed by atoms with Crippen LogP contribution in [0.5, 0.6) is 5.75 Å². The Bertz CT molecular complexity index is 521. The summed E-state index contributed by atoms with van der Waals surface area (Å²) in [6.45, 7) is 0. The monoisotopic (exact) mass is 240 g/mol. The Labute approximate surface area is 81.4 Å². The Morgan fingerprint density at radius 3 is 3.00 bits per heavy atom. The van der Waals surface area contributed by atoms with Gasteiger partial charge >= 0.3 is 0 Å². The molecule has 0 saturated carbocycles. The summed E-state index contributed by atoms with van der Waals surface area (Å²) in [6.07, 6.45) is 1.58. The Balaban J connectivity index is 2.89. The first kappa shape index (κ1) is 8.25. The Morgan fingerprint density at radius 2 is 2.23 bits per heavy atom. The van der Waals surface area contributed by atoms with Crippen LogP contribution < -0.4 is 5.56 Å². The van der Waals surface area contributed by atoms with E-state index in [1.807, 2.05) is 0 Å². The van der Waals surface area contributed by atoms with Gasteiger partial charge in [0, 0.05) is 16.1 Å². The number of hydrogen-bond acceptors (Lipinski definition) is 3. The van der Waals surface area contributed by atoms with Crippen LogP contribution in [-0.4, -0.2) is 15.1 Å². The van der Waals surface area contributed by atoms with Gasteiger partial charge in [-0.05, 0) is 28.1 Å². The second-order valence-electron chi connectivity index (χ2n) is 2.58. The average molecular weight is 241 g/mol. The van der Waals surface area contributed by atoms with E-state index >= 15 is 0 Å². The van der Waals surface area contributed by atoms with Crippen LogP contribution in [0.4, 0.5) is 0 Å². The molecular weight excluding hydrogens is 236 g/mol. The fourth-order valence-electron chi connectivity index (χ4n) is 1.05. The van der Waals surface area contributed by atoms with Gasteiger partial charge in [-0.25, -0.2) is 4.98 Å². The van der Waals surface area contributed by atoms with Gasteiger partial charge < -0.3 is 10.1 Å². The van der Waals surface area contributed by atoms with Gasteiger partial charge in [0.25, 0.3) is 5.56 Å². The molecule has 2 aromatic heterocycles. The van der Waals surface area contributed by atoms with Crippen molar-refractivity contribution in [1.82, 2.24) is 9.97 Å². The molecule has 0 fully saturated rings. The molecule has 0 radical (unpaired) electrons. The molecule has 0 amide bonds. The molecule has 0 bridgehead atoms. The lowest BCUT2D eigenvalue weighted by Crippen LogP contribution is -2.04. The van der Waals surface area contributed by atoms with Crippen LogP contribution >= 0.6 is 15.9 Å². The minimum absolute atomic E-state index is 0.299. The first-order valence-corrected chi connectivity index (χ1v) is 4.33. The molecule has 2 rings (SSSR count). The summed E-state index contributed by atoms with van der Waals surface area (Å²) in [6, 6.07) is 3.14. The van der Waals surface area contributed by atoms with Gasteiger partial charge in [-0.15, -0.1) is 0 Å². The highest BCUT2D eigenvalue weighted by Crippen LogP contribution is 2.16. The number of nitrogens with zero attached hydrogens (tertiary/aromatic N) is 1. The fourth-order valence-corrected chi connectivity index (χ4v) is 1.40. The number of hydrogen-bond donors (Lipinski definition) is 2. The molecule has 0 saturated heterocycles. The lowest BCUT2D eigenvalue weighted by atomic mass is 10.3. The summed E-state index contributed by atoms with van der Waals surface area (Å²) >= 11 is 3.24. The number of H-pyrrole nitrogens is 1. The van der Waals surface area contributed by atoms with E-state index in [2.05, 4.69) is 25.9 Å². The predicted molar refractivity (Wildman–Crippen MR) is 51.7 cm³/mol. The van der Waals surface area contributed by atoms with E-state index in [4.69, 9.17) is 5.11 Å². The molecular formula is C8H5BrN2O2. The van der Waals surface area contributed by atoms with Crippen molar-refractivity contribution in [2.45, 2.75) is 0 Å². The molecule has 66 valence electrons. The highest BCUT2D eigenvalue weighted by Gasteiger charge is 2.01. The van der Waals surface area contributed by atoms with Crippen molar-refractivity contribution < 1.29 is 5.11 Å². The van der Waals surface area contributed by atoms with Crippen molar-refractivity contribution in [2.24, 2.45) is 0 Å². The Kier molecular flexibility index (Phi) is 1.81. The van der Waals surface area contributed by atoms with Gasteiger partial charge in [0.1, 0.15) is 5.65 Å². The lowest BCUT2D eigenvalue weighted by molar-refractivity contribution is 0.468. The SMILES string of the molecule is O=c1[nH]c2ncc(Br)cc2cc1O. The molecule has 2 N–H and O–H groups in total. The standard InChI is InChI=1S/C8H5BrN2O2/c9-5-1-4-2-6(12)8(13)11-7(4)10-3-5/h1-3,12H,(H,10,11,13). The second-order valence-corrected chi connectivity index (χ2v) is 3.49. The van der Waals surface area contributed by atoms with Crippen molar-refractivity contribution in [2.75, 3.05) is 0 Å². The number of rotatable bonds is 0. The summed E-state index contributed by atoms with van der Waals surface area (Å²) in [7, 11) is 0. The molecule has 4 nitrogen and oxygen atoms in total. The summed E-state index contributed by atoms with van der Waals surface area (Å²) in [5.74, 6) is -0.299. The van der Waals surface area contributed by atoms with Crippen molar-refractivity contribution in [3.8, 4) is 5.75 Å². The molecule has 0 aliphatic rings. The van der Waals surface area contributed by atoms with E-state index < -0.39 is 5.56 Å². The normalized spacial score (nSPS) is 10.5. The number of pyridine rings is 2. The topological polar surface area (TPSA) is 66.0 Å². The van der Waals surface area contributed by atoms with E-state index in [-0.39, 0.29) is 5.75 Å². The van der Waals surface area contributed by atoms with E-state index in [1.165, 1.54) is 6.07 Å².